The Morgan fingerprint density at radius 1 is 1.17 bits per heavy atom. The lowest BCUT2D eigenvalue weighted by Crippen LogP contribution is -2.50. The highest BCUT2D eigenvalue weighted by Gasteiger charge is 2.34. The number of hydrogen-bond donors (Lipinski definition) is 1. The van der Waals surface area contributed by atoms with Crippen molar-refractivity contribution in [1.82, 2.24) is 5.32 Å². The number of carbonyl (C=O) groups is 2. The van der Waals surface area contributed by atoms with Gasteiger partial charge in [-0.2, -0.15) is 0 Å². The lowest BCUT2D eigenvalue weighted by molar-refractivity contribution is -0.127. The molecular formula is C17H15BrN2O3. The summed E-state index contributed by atoms with van der Waals surface area (Å²) in [5.74, 6) is 0.0827. The molecular weight excluding hydrogens is 360 g/mol. The molecule has 6 heteroatoms. The summed E-state index contributed by atoms with van der Waals surface area (Å²) in [5, 5.41) is 2.56. The van der Waals surface area contributed by atoms with Gasteiger partial charge >= 0.3 is 0 Å². The molecule has 0 aliphatic carbocycles. The number of carbonyl (C=O) groups excluding carboxylic acids is 2. The molecule has 0 saturated heterocycles. The average Bonchev–Trinajstić information content (AvgIpc) is 2.60. The number of hydrogen-bond acceptors (Lipinski definition) is 3. The van der Waals surface area contributed by atoms with Gasteiger partial charge in [-0.3, -0.25) is 9.59 Å². The topological polar surface area (TPSA) is 58.6 Å². The van der Waals surface area contributed by atoms with Crippen molar-refractivity contribution < 1.29 is 14.3 Å². The van der Waals surface area contributed by atoms with Crippen LogP contribution in [0.1, 0.15) is 10.4 Å². The highest BCUT2D eigenvalue weighted by molar-refractivity contribution is 9.10. The van der Waals surface area contributed by atoms with E-state index >= 15 is 0 Å². The molecule has 1 heterocycles. The van der Waals surface area contributed by atoms with E-state index in [1.165, 1.54) is 0 Å². The lowest BCUT2D eigenvalue weighted by atomic mass is 10.1. The van der Waals surface area contributed by atoms with Crippen LogP contribution in [0.15, 0.2) is 53.0 Å². The summed E-state index contributed by atoms with van der Waals surface area (Å²) < 4.78 is 6.43. The molecule has 2 amide bonds. The van der Waals surface area contributed by atoms with Gasteiger partial charge in [-0.25, -0.2) is 0 Å². The number of nitrogens with one attached hydrogen (secondary N) is 1. The van der Waals surface area contributed by atoms with Crippen LogP contribution in [0.5, 0.6) is 5.75 Å². The van der Waals surface area contributed by atoms with Crippen molar-refractivity contribution in [3.05, 3.63) is 58.6 Å². The SMILES string of the molecule is CNC(=O)[C@@H]1CN(C(=O)c2ccccc2Br)c2ccccc2O1. The van der Waals surface area contributed by atoms with Crippen molar-refractivity contribution in [2.45, 2.75) is 6.10 Å². The molecule has 2 aromatic carbocycles. The first-order valence-electron chi connectivity index (χ1n) is 7.15. The Kier molecular flexibility index (Phi) is 4.34. The summed E-state index contributed by atoms with van der Waals surface area (Å²) in [6, 6.07) is 14.4. The van der Waals surface area contributed by atoms with E-state index in [1.54, 1.807) is 30.1 Å². The molecule has 0 fully saturated rings. The van der Waals surface area contributed by atoms with Gasteiger partial charge < -0.3 is 15.0 Å². The van der Waals surface area contributed by atoms with E-state index in [9.17, 15) is 9.59 Å². The van der Waals surface area contributed by atoms with Crippen molar-refractivity contribution in [2.75, 3.05) is 18.5 Å². The molecule has 0 unspecified atom stereocenters. The van der Waals surface area contributed by atoms with E-state index < -0.39 is 6.10 Å². The number of para-hydroxylation sites is 2. The summed E-state index contributed by atoms with van der Waals surface area (Å²) >= 11 is 3.40. The molecule has 0 bridgehead atoms. The molecule has 0 aromatic heterocycles. The monoisotopic (exact) mass is 374 g/mol. The zero-order valence-electron chi connectivity index (χ0n) is 12.5. The maximum Gasteiger partial charge on any atom is 0.262 e. The van der Waals surface area contributed by atoms with Crippen LogP contribution in [0.25, 0.3) is 0 Å². The second kappa shape index (κ2) is 6.42. The summed E-state index contributed by atoms with van der Waals surface area (Å²) in [6.45, 7) is 0.164. The summed E-state index contributed by atoms with van der Waals surface area (Å²) in [4.78, 5) is 26.5. The molecule has 1 atom stereocenters. The summed E-state index contributed by atoms with van der Waals surface area (Å²) in [6.07, 6.45) is -0.735. The fourth-order valence-electron chi connectivity index (χ4n) is 2.50. The van der Waals surface area contributed by atoms with Crippen LogP contribution in [0.3, 0.4) is 0 Å². The zero-order chi connectivity index (χ0) is 16.4. The fraction of sp³-hybridized carbons (Fsp3) is 0.176. The first-order chi connectivity index (χ1) is 11.1. The summed E-state index contributed by atoms with van der Waals surface area (Å²) in [7, 11) is 1.55. The molecule has 3 rings (SSSR count). The van der Waals surface area contributed by atoms with E-state index in [-0.39, 0.29) is 18.4 Å². The third kappa shape index (κ3) is 2.94. The van der Waals surface area contributed by atoms with Crippen molar-refractivity contribution in [3.63, 3.8) is 0 Å². The van der Waals surface area contributed by atoms with Gasteiger partial charge in [0.15, 0.2) is 6.10 Å². The third-order valence-corrected chi connectivity index (χ3v) is 4.35. The predicted octanol–water partition coefficient (Wildman–Crippen LogP) is 2.60. The number of rotatable bonds is 2. The molecule has 1 aliphatic rings. The molecule has 0 saturated carbocycles. The van der Waals surface area contributed by atoms with Crippen LogP contribution in [-0.2, 0) is 4.79 Å². The van der Waals surface area contributed by atoms with Crippen LogP contribution in [-0.4, -0.2) is 31.5 Å². The number of nitrogens with zero attached hydrogens (tertiary/aromatic N) is 1. The number of ether oxygens (including phenoxy) is 1. The van der Waals surface area contributed by atoms with Gasteiger partial charge in [0.1, 0.15) is 5.75 Å². The van der Waals surface area contributed by atoms with E-state index in [0.717, 1.165) is 0 Å². The van der Waals surface area contributed by atoms with Gasteiger partial charge in [-0.1, -0.05) is 24.3 Å². The van der Waals surface area contributed by atoms with Crippen LogP contribution in [0.2, 0.25) is 0 Å². The van der Waals surface area contributed by atoms with Crippen LogP contribution >= 0.6 is 15.9 Å². The molecule has 118 valence electrons. The van der Waals surface area contributed by atoms with Crippen molar-refractivity contribution in [1.29, 1.82) is 0 Å². The summed E-state index contributed by atoms with van der Waals surface area (Å²) in [5.41, 5.74) is 1.20. The Morgan fingerprint density at radius 2 is 1.87 bits per heavy atom. The van der Waals surface area contributed by atoms with Crippen LogP contribution in [0, 0.1) is 0 Å². The number of amides is 2. The van der Waals surface area contributed by atoms with Crippen LogP contribution < -0.4 is 15.0 Å². The van der Waals surface area contributed by atoms with E-state index in [4.69, 9.17) is 4.74 Å². The second-order valence-corrected chi connectivity index (χ2v) is 5.94. The highest BCUT2D eigenvalue weighted by Crippen LogP contribution is 2.34. The zero-order valence-corrected chi connectivity index (χ0v) is 14.0. The normalized spacial score (nSPS) is 16.3. The molecule has 0 radical (unpaired) electrons. The van der Waals surface area contributed by atoms with Gasteiger partial charge in [-0.05, 0) is 40.2 Å². The largest absolute Gasteiger partial charge is 0.477 e. The van der Waals surface area contributed by atoms with E-state index in [1.807, 2.05) is 30.3 Å². The highest BCUT2D eigenvalue weighted by atomic mass is 79.9. The Bertz CT molecular complexity index is 763. The van der Waals surface area contributed by atoms with Gasteiger partial charge in [0.25, 0.3) is 11.8 Å². The molecule has 1 aliphatic heterocycles. The first kappa shape index (κ1) is 15.6. The molecule has 1 N–H and O–H groups in total. The van der Waals surface area contributed by atoms with E-state index in [2.05, 4.69) is 21.2 Å². The maximum absolute atomic E-state index is 12.9. The maximum atomic E-state index is 12.9. The average molecular weight is 375 g/mol. The Balaban J connectivity index is 2.01. The first-order valence-corrected chi connectivity index (χ1v) is 7.95. The third-order valence-electron chi connectivity index (χ3n) is 3.66. The van der Waals surface area contributed by atoms with Gasteiger partial charge in [0.05, 0.1) is 17.8 Å². The predicted molar refractivity (Wildman–Crippen MR) is 90.7 cm³/mol. The molecule has 5 nitrogen and oxygen atoms in total. The van der Waals surface area contributed by atoms with Gasteiger partial charge in [0.2, 0.25) is 0 Å². The Hall–Kier alpha value is -2.34. The minimum absolute atomic E-state index is 0.164. The van der Waals surface area contributed by atoms with Gasteiger partial charge in [0, 0.05) is 11.5 Å². The Labute approximate surface area is 142 Å². The second-order valence-electron chi connectivity index (χ2n) is 5.08. The number of likely N-dealkylation sites (N-methyl/N-ethyl adjacent to an activating group) is 1. The number of fused-ring (bicyclic) bond motifs is 1. The molecule has 0 spiro atoms. The van der Waals surface area contributed by atoms with Crippen LogP contribution in [0.4, 0.5) is 5.69 Å². The number of anilines is 1. The fourth-order valence-corrected chi connectivity index (χ4v) is 2.96. The lowest BCUT2D eigenvalue weighted by Gasteiger charge is -2.34. The standard InChI is InChI=1S/C17H15BrN2O3/c1-19-16(21)15-10-20(13-8-4-5-9-14(13)23-15)17(22)11-6-2-3-7-12(11)18/h2-9,15H,10H2,1H3,(H,19,21)/t15-/m0/s1. The van der Waals surface area contributed by atoms with Crippen molar-refractivity contribution in [3.8, 4) is 5.75 Å². The number of benzene rings is 2. The van der Waals surface area contributed by atoms with Crippen molar-refractivity contribution >= 4 is 33.4 Å². The van der Waals surface area contributed by atoms with Gasteiger partial charge in [-0.15, -0.1) is 0 Å². The number of halogens is 1. The smallest absolute Gasteiger partial charge is 0.262 e. The minimum atomic E-state index is -0.735. The quantitative estimate of drug-likeness (QED) is 0.878. The molecule has 2 aromatic rings. The Morgan fingerprint density at radius 3 is 2.61 bits per heavy atom. The van der Waals surface area contributed by atoms with E-state index in [0.29, 0.717) is 21.5 Å². The van der Waals surface area contributed by atoms with Crippen molar-refractivity contribution in [2.24, 2.45) is 0 Å². The molecule has 23 heavy (non-hydrogen) atoms. The minimum Gasteiger partial charge on any atom is -0.477 e.